The highest BCUT2D eigenvalue weighted by Crippen LogP contribution is 2.23. The standard InChI is InChI=1S/C15H20BrNO/c1-2-13-5-3-4-6-14(13)15(18)17-10-8-12(11-17)7-9-16/h3-6,12H,2,7-11H2,1H3. The van der Waals surface area contributed by atoms with E-state index in [1.807, 2.05) is 23.1 Å². The molecule has 18 heavy (non-hydrogen) atoms. The quantitative estimate of drug-likeness (QED) is 0.780. The van der Waals surface area contributed by atoms with Crippen molar-refractivity contribution in [3.05, 3.63) is 35.4 Å². The number of carbonyl (C=O) groups excluding carboxylic acids is 1. The first kappa shape index (κ1) is 13.6. The molecule has 1 aliphatic heterocycles. The molecule has 0 spiro atoms. The van der Waals surface area contributed by atoms with Gasteiger partial charge in [-0.2, -0.15) is 0 Å². The molecule has 0 bridgehead atoms. The lowest BCUT2D eigenvalue weighted by atomic mass is 10.0. The smallest absolute Gasteiger partial charge is 0.254 e. The van der Waals surface area contributed by atoms with E-state index in [4.69, 9.17) is 0 Å². The summed E-state index contributed by atoms with van der Waals surface area (Å²) in [6, 6.07) is 7.98. The van der Waals surface area contributed by atoms with Crippen molar-refractivity contribution in [2.45, 2.75) is 26.2 Å². The van der Waals surface area contributed by atoms with Crippen LogP contribution in [0.25, 0.3) is 0 Å². The van der Waals surface area contributed by atoms with E-state index < -0.39 is 0 Å². The Balaban J connectivity index is 2.08. The van der Waals surface area contributed by atoms with Gasteiger partial charge in [0, 0.05) is 24.0 Å². The summed E-state index contributed by atoms with van der Waals surface area (Å²) in [4.78, 5) is 14.5. The van der Waals surface area contributed by atoms with Crippen molar-refractivity contribution in [2.75, 3.05) is 18.4 Å². The highest BCUT2D eigenvalue weighted by atomic mass is 79.9. The number of alkyl halides is 1. The topological polar surface area (TPSA) is 20.3 Å². The number of nitrogens with zero attached hydrogens (tertiary/aromatic N) is 1. The second-order valence-corrected chi connectivity index (χ2v) is 5.69. The van der Waals surface area contributed by atoms with Crippen LogP contribution in [0.2, 0.25) is 0 Å². The summed E-state index contributed by atoms with van der Waals surface area (Å²) in [7, 11) is 0. The van der Waals surface area contributed by atoms with Gasteiger partial charge in [-0.25, -0.2) is 0 Å². The molecule has 0 saturated carbocycles. The van der Waals surface area contributed by atoms with Crippen LogP contribution in [-0.4, -0.2) is 29.2 Å². The number of aryl methyl sites for hydroxylation is 1. The number of benzene rings is 1. The fourth-order valence-electron chi connectivity index (χ4n) is 2.61. The first-order valence-corrected chi connectivity index (χ1v) is 7.81. The highest BCUT2D eigenvalue weighted by molar-refractivity contribution is 9.09. The van der Waals surface area contributed by atoms with Gasteiger partial charge >= 0.3 is 0 Å². The second-order valence-electron chi connectivity index (χ2n) is 4.89. The zero-order valence-corrected chi connectivity index (χ0v) is 12.4. The van der Waals surface area contributed by atoms with Crippen molar-refractivity contribution in [1.82, 2.24) is 4.90 Å². The van der Waals surface area contributed by atoms with Crippen LogP contribution in [-0.2, 0) is 6.42 Å². The van der Waals surface area contributed by atoms with Crippen LogP contribution < -0.4 is 0 Å². The van der Waals surface area contributed by atoms with Gasteiger partial charge in [0.15, 0.2) is 0 Å². The molecule has 0 radical (unpaired) electrons. The monoisotopic (exact) mass is 309 g/mol. The van der Waals surface area contributed by atoms with Gasteiger partial charge in [-0.3, -0.25) is 4.79 Å². The molecule has 2 nitrogen and oxygen atoms in total. The zero-order valence-electron chi connectivity index (χ0n) is 10.9. The Morgan fingerprint density at radius 1 is 1.44 bits per heavy atom. The van der Waals surface area contributed by atoms with Gasteiger partial charge in [-0.1, -0.05) is 41.1 Å². The van der Waals surface area contributed by atoms with E-state index in [1.54, 1.807) is 0 Å². The summed E-state index contributed by atoms with van der Waals surface area (Å²) in [5, 5.41) is 1.03. The van der Waals surface area contributed by atoms with Crippen LogP contribution in [0.1, 0.15) is 35.7 Å². The van der Waals surface area contributed by atoms with Gasteiger partial charge in [0.25, 0.3) is 5.91 Å². The Morgan fingerprint density at radius 3 is 2.94 bits per heavy atom. The van der Waals surface area contributed by atoms with Crippen LogP contribution in [0.3, 0.4) is 0 Å². The predicted molar refractivity (Wildman–Crippen MR) is 78.2 cm³/mol. The van der Waals surface area contributed by atoms with Gasteiger partial charge in [0.05, 0.1) is 0 Å². The largest absolute Gasteiger partial charge is 0.338 e. The van der Waals surface area contributed by atoms with Crippen molar-refractivity contribution < 1.29 is 4.79 Å². The average molecular weight is 310 g/mol. The maximum absolute atomic E-state index is 12.5. The molecule has 1 aromatic rings. The molecule has 1 heterocycles. The van der Waals surface area contributed by atoms with E-state index in [0.717, 1.165) is 42.4 Å². The predicted octanol–water partition coefficient (Wildman–Crippen LogP) is 3.50. The van der Waals surface area contributed by atoms with Gasteiger partial charge in [0.2, 0.25) is 0 Å². The average Bonchev–Trinajstić information content (AvgIpc) is 2.87. The fraction of sp³-hybridized carbons (Fsp3) is 0.533. The molecule has 1 amide bonds. The molecule has 0 aromatic heterocycles. The summed E-state index contributed by atoms with van der Waals surface area (Å²) >= 11 is 3.48. The zero-order chi connectivity index (χ0) is 13.0. The van der Waals surface area contributed by atoms with E-state index >= 15 is 0 Å². The Labute approximate surface area is 117 Å². The molecule has 98 valence electrons. The Morgan fingerprint density at radius 2 is 2.22 bits per heavy atom. The van der Waals surface area contributed by atoms with E-state index in [0.29, 0.717) is 5.92 Å². The molecule has 0 N–H and O–H groups in total. The van der Waals surface area contributed by atoms with Gasteiger partial charge in [0.1, 0.15) is 0 Å². The van der Waals surface area contributed by atoms with Crippen molar-refractivity contribution in [1.29, 1.82) is 0 Å². The van der Waals surface area contributed by atoms with E-state index in [9.17, 15) is 4.79 Å². The third kappa shape index (κ3) is 2.94. The maximum Gasteiger partial charge on any atom is 0.254 e. The lowest BCUT2D eigenvalue weighted by Crippen LogP contribution is -2.29. The SMILES string of the molecule is CCc1ccccc1C(=O)N1CCC(CCBr)C1. The molecule has 2 rings (SSSR count). The number of carbonyl (C=O) groups is 1. The fourth-order valence-corrected chi connectivity index (χ4v) is 3.26. The number of likely N-dealkylation sites (tertiary alicyclic amines) is 1. The second kappa shape index (κ2) is 6.37. The molecule has 1 aliphatic rings. The number of amides is 1. The molecule has 1 atom stereocenters. The third-order valence-corrected chi connectivity index (χ3v) is 4.18. The minimum absolute atomic E-state index is 0.213. The lowest BCUT2D eigenvalue weighted by Gasteiger charge is -2.18. The highest BCUT2D eigenvalue weighted by Gasteiger charge is 2.27. The Kier molecular flexibility index (Phi) is 4.81. The summed E-state index contributed by atoms with van der Waals surface area (Å²) in [5.41, 5.74) is 2.05. The first-order chi connectivity index (χ1) is 8.76. The third-order valence-electron chi connectivity index (χ3n) is 3.72. The lowest BCUT2D eigenvalue weighted by molar-refractivity contribution is 0.0786. The van der Waals surface area contributed by atoms with Gasteiger partial charge in [-0.05, 0) is 36.8 Å². The molecular formula is C15H20BrNO. The molecule has 1 unspecified atom stereocenters. The number of hydrogen-bond donors (Lipinski definition) is 0. The van der Waals surface area contributed by atoms with Crippen LogP contribution in [0.5, 0.6) is 0 Å². The van der Waals surface area contributed by atoms with Crippen LogP contribution in [0, 0.1) is 5.92 Å². The van der Waals surface area contributed by atoms with E-state index in [-0.39, 0.29) is 5.91 Å². The molecule has 1 saturated heterocycles. The van der Waals surface area contributed by atoms with Gasteiger partial charge < -0.3 is 4.90 Å². The molecular weight excluding hydrogens is 290 g/mol. The Hall–Kier alpha value is -0.830. The minimum Gasteiger partial charge on any atom is -0.338 e. The molecule has 1 aromatic carbocycles. The molecule has 3 heteroatoms. The number of rotatable bonds is 4. The molecule has 1 fully saturated rings. The maximum atomic E-state index is 12.5. The minimum atomic E-state index is 0.213. The summed E-state index contributed by atoms with van der Waals surface area (Å²) in [5.74, 6) is 0.881. The number of hydrogen-bond acceptors (Lipinski definition) is 1. The number of halogens is 1. The van der Waals surface area contributed by atoms with E-state index in [1.165, 1.54) is 6.42 Å². The van der Waals surface area contributed by atoms with Gasteiger partial charge in [-0.15, -0.1) is 0 Å². The van der Waals surface area contributed by atoms with Crippen LogP contribution >= 0.6 is 15.9 Å². The normalized spacial score (nSPS) is 19.2. The van der Waals surface area contributed by atoms with Crippen LogP contribution in [0.15, 0.2) is 24.3 Å². The first-order valence-electron chi connectivity index (χ1n) is 6.69. The summed E-state index contributed by atoms with van der Waals surface area (Å²) in [6.45, 7) is 3.93. The Bertz CT molecular complexity index is 419. The summed E-state index contributed by atoms with van der Waals surface area (Å²) in [6.07, 6.45) is 3.23. The molecule has 0 aliphatic carbocycles. The van der Waals surface area contributed by atoms with Crippen LogP contribution in [0.4, 0.5) is 0 Å². The van der Waals surface area contributed by atoms with Crippen molar-refractivity contribution in [2.24, 2.45) is 5.92 Å². The summed E-state index contributed by atoms with van der Waals surface area (Å²) < 4.78 is 0. The van der Waals surface area contributed by atoms with Crippen molar-refractivity contribution >= 4 is 21.8 Å². The van der Waals surface area contributed by atoms with Crippen molar-refractivity contribution in [3.8, 4) is 0 Å². The van der Waals surface area contributed by atoms with Crippen molar-refractivity contribution in [3.63, 3.8) is 0 Å². The van der Waals surface area contributed by atoms with E-state index in [2.05, 4.69) is 28.9 Å².